The molecule has 1 aliphatic rings. The first kappa shape index (κ1) is 18.8. The van der Waals surface area contributed by atoms with Gasteiger partial charge in [-0.3, -0.25) is 9.80 Å². The van der Waals surface area contributed by atoms with Gasteiger partial charge in [0.05, 0.1) is 0 Å². The van der Waals surface area contributed by atoms with Gasteiger partial charge in [-0.05, 0) is 18.1 Å². The first-order chi connectivity index (χ1) is 12.8. The number of piperazine rings is 1. The van der Waals surface area contributed by atoms with Crippen LogP contribution in [0.4, 0.5) is 4.39 Å². The fourth-order valence-corrected chi connectivity index (χ4v) is 3.50. The Morgan fingerprint density at radius 3 is 2.58 bits per heavy atom. The Balaban J connectivity index is 1.57. The molecular weight excluding hydrogens is 327 g/mol. The molecule has 0 spiro atoms. The SMILES string of the molecule is OCCC1CN(CC=Cc2ccccc2)CCN1Cc1ccccc1F. The Kier molecular flexibility index (Phi) is 6.95. The molecule has 1 unspecified atom stereocenters. The van der Waals surface area contributed by atoms with Gasteiger partial charge in [0, 0.05) is 50.9 Å². The van der Waals surface area contributed by atoms with Crippen molar-refractivity contribution in [3.8, 4) is 0 Å². The Labute approximate surface area is 155 Å². The average Bonchev–Trinajstić information content (AvgIpc) is 2.66. The van der Waals surface area contributed by atoms with E-state index in [1.54, 1.807) is 6.07 Å². The molecule has 138 valence electrons. The molecule has 1 heterocycles. The van der Waals surface area contributed by atoms with Crippen LogP contribution < -0.4 is 0 Å². The quantitative estimate of drug-likeness (QED) is 0.825. The smallest absolute Gasteiger partial charge is 0.127 e. The number of aliphatic hydroxyl groups excluding tert-OH is 1. The Bertz CT molecular complexity index is 704. The minimum atomic E-state index is -0.150. The largest absolute Gasteiger partial charge is 0.396 e. The van der Waals surface area contributed by atoms with Gasteiger partial charge in [-0.2, -0.15) is 0 Å². The molecule has 3 rings (SSSR count). The van der Waals surface area contributed by atoms with Gasteiger partial charge in [-0.1, -0.05) is 60.7 Å². The summed E-state index contributed by atoms with van der Waals surface area (Å²) in [4.78, 5) is 4.70. The number of aliphatic hydroxyl groups is 1. The molecule has 2 aromatic carbocycles. The molecule has 1 saturated heterocycles. The topological polar surface area (TPSA) is 26.7 Å². The van der Waals surface area contributed by atoms with Crippen molar-refractivity contribution >= 4 is 6.08 Å². The van der Waals surface area contributed by atoms with Gasteiger partial charge in [-0.15, -0.1) is 0 Å². The monoisotopic (exact) mass is 354 g/mol. The van der Waals surface area contributed by atoms with Crippen LogP contribution in [0.25, 0.3) is 6.08 Å². The molecule has 3 nitrogen and oxygen atoms in total. The maximum Gasteiger partial charge on any atom is 0.127 e. The van der Waals surface area contributed by atoms with E-state index in [2.05, 4.69) is 34.1 Å². The van der Waals surface area contributed by atoms with Gasteiger partial charge in [0.1, 0.15) is 5.82 Å². The van der Waals surface area contributed by atoms with E-state index >= 15 is 0 Å². The summed E-state index contributed by atoms with van der Waals surface area (Å²) < 4.78 is 14.0. The molecule has 1 aliphatic heterocycles. The molecular formula is C22H27FN2O. The summed E-state index contributed by atoms with van der Waals surface area (Å²) in [5, 5.41) is 9.43. The van der Waals surface area contributed by atoms with Crippen molar-refractivity contribution in [1.29, 1.82) is 0 Å². The number of hydrogen-bond acceptors (Lipinski definition) is 3. The lowest BCUT2D eigenvalue weighted by molar-refractivity contribution is 0.0589. The third-order valence-electron chi connectivity index (χ3n) is 4.96. The normalized spacial score (nSPS) is 19.2. The molecule has 1 fully saturated rings. The van der Waals surface area contributed by atoms with Crippen LogP contribution >= 0.6 is 0 Å². The molecule has 1 atom stereocenters. The summed E-state index contributed by atoms with van der Waals surface area (Å²) in [5.41, 5.74) is 1.94. The second-order valence-electron chi connectivity index (χ2n) is 6.80. The third-order valence-corrected chi connectivity index (χ3v) is 4.96. The molecule has 0 aliphatic carbocycles. The predicted molar refractivity (Wildman–Crippen MR) is 104 cm³/mol. The number of hydrogen-bond donors (Lipinski definition) is 1. The van der Waals surface area contributed by atoms with Crippen LogP contribution in [-0.2, 0) is 6.54 Å². The third kappa shape index (κ3) is 5.24. The van der Waals surface area contributed by atoms with E-state index in [1.807, 2.05) is 30.3 Å². The highest BCUT2D eigenvalue weighted by Gasteiger charge is 2.26. The molecule has 0 saturated carbocycles. The standard InChI is InChI=1S/C22H27FN2O/c23-22-11-5-4-10-20(22)17-25-15-14-24(18-21(25)12-16-26)13-6-9-19-7-2-1-3-8-19/h1-11,21,26H,12-18H2. The number of benzene rings is 2. The Hall–Kier alpha value is -2.01. The van der Waals surface area contributed by atoms with Crippen LogP contribution in [0.2, 0.25) is 0 Å². The highest BCUT2D eigenvalue weighted by atomic mass is 19.1. The van der Waals surface area contributed by atoms with Crippen molar-refractivity contribution in [3.63, 3.8) is 0 Å². The molecule has 26 heavy (non-hydrogen) atoms. The highest BCUT2D eigenvalue weighted by Crippen LogP contribution is 2.18. The number of rotatable bonds is 7. The molecule has 0 radical (unpaired) electrons. The van der Waals surface area contributed by atoms with E-state index in [0.29, 0.717) is 13.0 Å². The summed E-state index contributed by atoms with van der Waals surface area (Å²) in [5.74, 6) is -0.150. The highest BCUT2D eigenvalue weighted by molar-refractivity contribution is 5.48. The summed E-state index contributed by atoms with van der Waals surface area (Å²) in [6, 6.07) is 17.5. The van der Waals surface area contributed by atoms with E-state index in [4.69, 9.17) is 0 Å². The van der Waals surface area contributed by atoms with Crippen LogP contribution in [0, 0.1) is 5.82 Å². The molecule has 0 bridgehead atoms. The second-order valence-corrected chi connectivity index (χ2v) is 6.80. The maximum atomic E-state index is 14.0. The van der Waals surface area contributed by atoms with E-state index in [0.717, 1.165) is 31.7 Å². The summed E-state index contributed by atoms with van der Waals surface area (Å²) in [6.45, 7) is 4.39. The number of halogens is 1. The first-order valence-electron chi connectivity index (χ1n) is 9.28. The van der Waals surface area contributed by atoms with E-state index in [9.17, 15) is 9.50 Å². The molecule has 4 heteroatoms. The van der Waals surface area contributed by atoms with Crippen LogP contribution in [0.3, 0.4) is 0 Å². The lowest BCUT2D eigenvalue weighted by Gasteiger charge is -2.41. The van der Waals surface area contributed by atoms with Gasteiger partial charge in [0.2, 0.25) is 0 Å². The van der Waals surface area contributed by atoms with Gasteiger partial charge >= 0.3 is 0 Å². The minimum Gasteiger partial charge on any atom is -0.396 e. The van der Waals surface area contributed by atoms with Crippen molar-refractivity contribution in [2.75, 3.05) is 32.8 Å². The fraction of sp³-hybridized carbons (Fsp3) is 0.364. The zero-order valence-corrected chi connectivity index (χ0v) is 15.1. The van der Waals surface area contributed by atoms with E-state index in [-0.39, 0.29) is 18.5 Å². The lowest BCUT2D eigenvalue weighted by Crippen LogP contribution is -2.52. The zero-order chi connectivity index (χ0) is 18.2. The Morgan fingerprint density at radius 2 is 1.81 bits per heavy atom. The van der Waals surface area contributed by atoms with Crippen molar-refractivity contribution in [2.45, 2.75) is 19.0 Å². The zero-order valence-electron chi connectivity index (χ0n) is 15.1. The molecule has 0 aromatic heterocycles. The minimum absolute atomic E-state index is 0.150. The van der Waals surface area contributed by atoms with Crippen molar-refractivity contribution in [1.82, 2.24) is 9.80 Å². The van der Waals surface area contributed by atoms with Gasteiger partial charge in [-0.25, -0.2) is 4.39 Å². The number of nitrogens with zero attached hydrogens (tertiary/aromatic N) is 2. The second kappa shape index (κ2) is 9.62. The first-order valence-corrected chi connectivity index (χ1v) is 9.28. The van der Waals surface area contributed by atoms with Crippen LogP contribution in [0.15, 0.2) is 60.7 Å². The average molecular weight is 354 g/mol. The van der Waals surface area contributed by atoms with Crippen molar-refractivity contribution in [3.05, 3.63) is 77.6 Å². The van der Waals surface area contributed by atoms with Gasteiger partial charge in [0.15, 0.2) is 0 Å². The Morgan fingerprint density at radius 1 is 1.04 bits per heavy atom. The van der Waals surface area contributed by atoms with E-state index in [1.165, 1.54) is 11.6 Å². The maximum absolute atomic E-state index is 14.0. The van der Waals surface area contributed by atoms with Crippen LogP contribution in [0.5, 0.6) is 0 Å². The molecule has 2 aromatic rings. The summed E-state index contributed by atoms with van der Waals surface area (Å²) in [7, 11) is 0. The molecule has 1 N–H and O–H groups in total. The lowest BCUT2D eigenvalue weighted by atomic mass is 10.1. The van der Waals surface area contributed by atoms with Gasteiger partial charge < -0.3 is 5.11 Å². The van der Waals surface area contributed by atoms with Crippen LogP contribution in [-0.4, -0.2) is 53.7 Å². The van der Waals surface area contributed by atoms with Gasteiger partial charge in [0.25, 0.3) is 0 Å². The summed E-state index contributed by atoms with van der Waals surface area (Å²) in [6.07, 6.45) is 5.05. The summed E-state index contributed by atoms with van der Waals surface area (Å²) >= 11 is 0. The van der Waals surface area contributed by atoms with E-state index < -0.39 is 0 Å². The predicted octanol–water partition coefficient (Wildman–Crippen LogP) is 3.41. The molecule has 0 amide bonds. The van der Waals surface area contributed by atoms with Crippen molar-refractivity contribution < 1.29 is 9.50 Å². The van der Waals surface area contributed by atoms with Crippen LogP contribution in [0.1, 0.15) is 17.5 Å². The fourth-order valence-electron chi connectivity index (χ4n) is 3.50. The van der Waals surface area contributed by atoms with Crippen molar-refractivity contribution in [2.24, 2.45) is 0 Å².